The van der Waals surface area contributed by atoms with Gasteiger partial charge in [0.05, 0.1) is 0 Å². The van der Waals surface area contributed by atoms with Gasteiger partial charge in [-0.25, -0.2) is 4.79 Å². The normalized spacial score (nSPS) is 17.5. The second-order valence-electron chi connectivity index (χ2n) is 12.1. The Kier molecular flexibility index (Phi) is 9.55. The highest BCUT2D eigenvalue weighted by molar-refractivity contribution is 5.93. The summed E-state index contributed by atoms with van der Waals surface area (Å²) in [4.78, 5) is 43.1. The Morgan fingerprint density at radius 3 is 2.24 bits per heavy atom. The summed E-state index contributed by atoms with van der Waals surface area (Å²) >= 11 is 0. The SMILES string of the molecule is Cc1cccc(C(C(=O)NCc2ccccc2)N(C(=O)C(Cc2ccc(O)cc2)NC(=O)OC(C)(C)C)C2CC2C)c1. The van der Waals surface area contributed by atoms with Gasteiger partial charge in [-0.2, -0.15) is 0 Å². The van der Waals surface area contributed by atoms with Crippen molar-refractivity contribution >= 4 is 17.9 Å². The number of phenolic OH excluding ortho intramolecular Hbond substituents is 1. The van der Waals surface area contributed by atoms with E-state index in [1.54, 1.807) is 37.8 Å². The highest BCUT2D eigenvalue weighted by atomic mass is 16.6. The number of carbonyl (C=O) groups is 3. The zero-order valence-corrected chi connectivity index (χ0v) is 25.0. The number of alkyl carbamates (subject to hydrolysis) is 1. The maximum atomic E-state index is 14.5. The lowest BCUT2D eigenvalue weighted by Gasteiger charge is -2.35. The quantitative estimate of drug-likeness (QED) is 0.301. The van der Waals surface area contributed by atoms with Crippen molar-refractivity contribution in [1.29, 1.82) is 0 Å². The number of rotatable bonds is 10. The maximum Gasteiger partial charge on any atom is 0.408 e. The Morgan fingerprint density at radius 1 is 0.976 bits per heavy atom. The van der Waals surface area contributed by atoms with Gasteiger partial charge in [0.1, 0.15) is 23.4 Å². The van der Waals surface area contributed by atoms with Crippen LogP contribution in [0, 0.1) is 12.8 Å². The molecule has 3 aromatic rings. The molecule has 0 bridgehead atoms. The van der Waals surface area contributed by atoms with Crippen LogP contribution in [0.5, 0.6) is 5.75 Å². The molecular weight excluding hydrogens is 530 g/mol. The van der Waals surface area contributed by atoms with Gasteiger partial charge in [-0.3, -0.25) is 9.59 Å². The van der Waals surface area contributed by atoms with Gasteiger partial charge < -0.3 is 25.4 Å². The molecule has 4 rings (SSSR count). The molecule has 0 aliphatic heterocycles. The number of nitrogens with zero attached hydrogens (tertiary/aromatic N) is 1. The Balaban J connectivity index is 1.70. The molecule has 0 radical (unpaired) electrons. The van der Waals surface area contributed by atoms with Crippen molar-refractivity contribution in [2.45, 2.75) is 77.7 Å². The third-order valence-corrected chi connectivity index (χ3v) is 7.24. The molecular formula is C34H41N3O5. The van der Waals surface area contributed by atoms with E-state index in [9.17, 15) is 19.5 Å². The van der Waals surface area contributed by atoms with Crippen LogP contribution < -0.4 is 10.6 Å². The molecule has 4 unspecified atom stereocenters. The third kappa shape index (κ3) is 8.35. The first kappa shape index (κ1) is 30.6. The Hall–Kier alpha value is -4.33. The number of aromatic hydroxyl groups is 1. The van der Waals surface area contributed by atoms with E-state index < -0.39 is 23.8 Å². The van der Waals surface area contributed by atoms with E-state index >= 15 is 0 Å². The fourth-order valence-corrected chi connectivity index (χ4v) is 5.03. The topological polar surface area (TPSA) is 108 Å². The minimum absolute atomic E-state index is 0.102. The summed E-state index contributed by atoms with van der Waals surface area (Å²) in [6.45, 7) is 9.59. The van der Waals surface area contributed by atoms with Crippen LogP contribution in [0.25, 0.3) is 0 Å². The van der Waals surface area contributed by atoms with Crippen molar-refractivity contribution in [3.8, 4) is 5.75 Å². The number of phenols is 1. The predicted molar refractivity (Wildman–Crippen MR) is 162 cm³/mol. The van der Waals surface area contributed by atoms with Crippen molar-refractivity contribution in [2.75, 3.05) is 0 Å². The molecule has 3 aromatic carbocycles. The van der Waals surface area contributed by atoms with Gasteiger partial charge in [-0.05, 0) is 68.9 Å². The Bertz CT molecular complexity index is 1380. The summed E-state index contributed by atoms with van der Waals surface area (Å²) in [6.07, 6.45) is 0.185. The van der Waals surface area contributed by atoms with Gasteiger partial charge in [-0.15, -0.1) is 0 Å². The first-order chi connectivity index (χ1) is 19.9. The highest BCUT2D eigenvalue weighted by Crippen LogP contribution is 2.41. The first-order valence-electron chi connectivity index (χ1n) is 14.4. The molecule has 8 nitrogen and oxygen atoms in total. The molecule has 1 aliphatic carbocycles. The minimum atomic E-state index is -1.01. The van der Waals surface area contributed by atoms with Crippen molar-refractivity contribution in [3.63, 3.8) is 0 Å². The number of carbonyl (C=O) groups excluding carboxylic acids is 3. The van der Waals surface area contributed by atoms with Crippen molar-refractivity contribution in [2.24, 2.45) is 5.92 Å². The van der Waals surface area contributed by atoms with E-state index in [1.165, 1.54) is 12.1 Å². The smallest absolute Gasteiger partial charge is 0.408 e. The summed E-state index contributed by atoms with van der Waals surface area (Å²) in [5.74, 6) is -0.369. The number of aryl methyl sites for hydroxylation is 1. The maximum absolute atomic E-state index is 14.5. The highest BCUT2D eigenvalue weighted by Gasteiger charge is 2.48. The van der Waals surface area contributed by atoms with E-state index in [-0.39, 0.29) is 35.9 Å². The van der Waals surface area contributed by atoms with Crippen LogP contribution in [0.2, 0.25) is 0 Å². The fourth-order valence-electron chi connectivity index (χ4n) is 5.03. The molecule has 3 N–H and O–H groups in total. The second-order valence-corrected chi connectivity index (χ2v) is 12.1. The summed E-state index contributed by atoms with van der Waals surface area (Å²) < 4.78 is 5.51. The molecule has 3 amide bonds. The number of hydrogen-bond acceptors (Lipinski definition) is 5. The second kappa shape index (κ2) is 13.1. The molecule has 1 fully saturated rings. The molecule has 1 aliphatic rings. The van der Waals surface area contributed by atoms with Crippen LogP contribution >= 0.6 is 0 Å². The molecule has 0 saturated heterocycles. The van der Waals surface area contributed by atoms with Crippen LogP contribution in [0.15, 0.2) is 78.9 Å². The van der Waals surface area contributed by atoms with Crippen molar-refractivity contribution < 1.29 is 24.2 Å². The third-order valence-electron chi connectivity index (χ3n) is 7.24. The van der Waals surface area contributed by atoms with Crippen molar-refractivity contribution in [1.82, 2.24) is 15.5 Å². The van der Waals surface area contributed by atoms with E-state index in [0.717, 1.165) is 23.1 Å². The monoisotopic (exact) mass is 571 g/mol. The Morgan fingerprint density at radius 2 is 1.64 bits per heavy atom. The Labute approximate surface area is 248 Å². The summed E-state index contributed by atoms with van der Waals surface area (Å²) in [5, 5.41) is 15.6. The molecule has 4 atom stereocenters. The van der Waals surface area contributed by atoms with Crippen LogP contribution in [-0.4, -0.2) is 45.6 Å². The lowest BCUT2D eigenvalue weighted by atomic mass is 9.98. The molecule has 0 heterocycles. The number of hydrogen-bond donors (Lipinski definition) is 3. The summed E-state index contributed by atoms with van der Waals surface area (Å²) in [7, 11) is 0. The zero-order chi connectivity index (χ0) is 30.4. The molecule has 1 saturated carbocycles. The van der Waals surface area contributed by atoms with E-state index in [4.69, 9.17) is 4.74 Å². The van der Waals surface area contributed by atoms with E-state index in [2.05, 4.69) is 17.6 Å². The van der Waals surface area contributed by atoms with Gasteiger partial charge in [0.25, 0.3) is 0 Å². The van der Waals surface area contributed by atoms with Gasteiger partial charge in [-0.1, -0.05) is 79.2 Å². The largest absolute Gasteiger partial charge is 0.508 e. The molecule has 0 aromatic heterocycles. The lowest BCUT2D eigenvalue weighted by molar-refractivity contribution is -0.143. The van der Waals surface area contributed by atoms with Gasteiger partial charge >= 0.3 is 6.09 Å². The van der Waals surface area contributed by atoms with Crippen LogP contribution in [0.3, 0.4) is 0 Å². The average Bonchev–Trinajstić information content (AvgIpc) is 3.65. The fraction of sp³-hybridized carbons (Fsp3) is 0.382. The van der Waals surface area contributed by atoms with Crippen LogP contribution in [0.1, 0.15) is 62.4 Å². The molecule has 0 spiro atoms. The number of nitrogens with one attached hydrogen (secondary N) is 2. The van der Waals surface area contributed by atoms with Crippen LogP contribution in [-0.2, 0) is 27.3 Å². The first-order valence-corrected chi connectivity index (χ1v) is 14.4. The van der Waals surface area contributed by atoms with Crippen LogP contribution in [0.4, 0.5) is 4.79 Å². The zero-order valence-electron chi connectivity index (χ0n) is 25.0. The van der Waals surface area contributed by atoms with Gasteiger partial charge in [0.15, 0.2) is 0 Å². The number of ether oxygens (including phenoxy) is 1. The van der Waals surface area contributed by atoms with Crippen molar-refractivity contribution in [3.05, 3.63) is 101 Å². The summed E-state index contributed by atoms with van der Waals surface area (Å²) in [5.41, 5.74) is 2.60. The number of benzene rings is 3. The summed E-state index contributed by atoms with van der Waals surface area (Å²) in [6, 6.07) is 21.7. The van der Waals surface area contributed by atoms with Gasteiger partial charge in [0.2, 0.25) is 11.8 Å². The minimum Gasteiger partial charge on any atom is -0.508 e. The lowest BCUT2D eigenvalue weighted by Crippen LogP contribution is -2.54. The number of amides is 3. The molecule has 222 valence electrons. The molecule has 42 heavy (non-hydrogen) atoms. The molecule has 8 heteroatoms. The average molecular weight is 572 g/mol. The standard InChI is InChI=1S/C34H41N3O5/c1-22-10-9-13-26(18-22)30(31(39)35-21-25-11-7-6-8-12-25)37(29-19-23(29)2)32(40)28(36-33(41)42-34(3,4)5)20-24-14-16-27(38)17-15-24/h6-18,23,28-30,38H,19-21H2,1-5H3,(H,35,39)(H,36,41). The van der Waals surface area contributed by atoms with E-state index in [0.29, 0.717) is 12.1 Å². The predicted octanol–water partition coefficient (Wildman–Crippen LogP) is 5.43. The van der Waals surface area contributed by atoms with Gasteiger partial charge in [0, 0.05) is 19.0 Å². The van der Waals surface area contributed by atoms with E-state index in [1.807, 2.05) is 61.5 Å².